The molecule has 0 aliphatic heterocycles. The fourth-order valence-electron chi connectivity index (χ4n) is 8.36. The summed E-state index contributed by atoms with van der Waals surface area (Å²) in [4.78, 5) is 36.0. The highest BCUT2D eigenvalue weighted by atomic mass is 31.2. The molecule has 0 saturated carbocycles. The minimum absolute atomic E-state index is 0.0356. The van der Waals surface area contributed by atoms with E-state index >= 15 is 0 Å². The number of ether oxygens (including phenoxy) is 2. The Kier molecular flexibility index (Phi) is 42.0. The first-order chi connectivity index (χ1) is 29.9. The summed E-state index contributed by atoms with van der Waals surface area (Å²) < 4.78 is 34.8. The van der Waals surface area contributed by atoms with Crippen molar-refractivity contribution in [2.75, 3.05) is 47.5 Å². The van der Waals surface area contributed by atoms with Crippen molar-refractivity contribution in [3.05, 3.63) is 0 Å². The minimum Gasteiger partial charge on any atom is -0.462 e. The molecule has 0 fully saturated rings. The number of carbonyl (C=O) groups is 2. The number of likely N-dealkylation sites (N-methyl/N-ethyl adjacent to an activating group) is 1. The summed E-state index contributed by atoms with van der Waals surface area (Å²) in [6.07, 6.45) is 42.4. The molecule has 4 unspecified atom stereocenters. The standard InChI is InChI=1S/C52H104NO8P/c1-8-12-16-18-20-22-24-30-38-48(36-14-10-3)40-32-26-28-34-42-51(54)58-46-50(47-60-62(56,57)59-45-44-53(5,6)7)61-52(55)43-35-29-27-33-41-49(37-15-11-4)39-31-25-23-21-19-17-13-9-2/h48-50H,8-47H2,1-7H3/p+1. The Morgan fingerprint density at radius 3 is 1.23 bits per heavy atom. The quantitative estimate of drug-likeness (QED) is 0.0278. The number of hydrogen-bond acceptors (Lipinski definition) is 7. The van der Waals surface area contributed by atoms with Gasteiger partial charge in [0, 0.05) is 12.8 Å². The van der Waals surface area contributed by atoms with E-state index in [-0.39, 0.29) is 25.6 Å². The van der Waals surface area contributed by atoms with Crippen LogP contribution in [0.15, 0.2) is 0 Å². The zero-order valence-corrected chi connectivity index (χ0v) is 43.1. The number of unbranched alkanes of at least 4 members (excludes halogenated alkanes) is 22. The van der Waals surface area contributed by atoms with Crippen molar-refractivity contribution in [1.82, 2.24) is 0 Å². The molecule has 1 N–H and O–H groups in total. The van der Waals surface area contributed by atoms with Gasteiger partial charge in [0.25, 0.3) is 0 Å². The van der Waals surface area contributed by atoms with Gasteiger partial charge >= 0.3 is 19.8 Å². The fraction of sp³-hybridized carbons (Fsp3) is 0.962. The van der Waals surface area contributed by atoms with Crippen LogP contribution in [0.5, 0.6) is 0 Å². The smallest absolute Gasteiger partial charge is 0.462 e. The number of phosphoric ester groups is 1. The van der Waals surface area contributed by atoms with Gasteiger partial charge in [-0.1, -0.05) is 233 Å². The van der Waals surface area contributed by atoms with E-state index in [1.54, 1.807) is 0 Å². The summed E-state index contributed by atoms with van der Waals surface area (Å²) in [6, 6.07) is 0. The second-order valence-corrected chi connectivity index (χ2v) is 21.3. The molecule has 0 aliphatic carbocycles. The molecule has 0 saturated heterocycles. The van der Waals surface area contributed by atoms with Crippen molar-refractivity contribution in [1.29, 1.82) is 0 Å². The first-order valence-electron chi connectivity index (χ1n) is 26.6. The Hall–Kier alpha value is -0.990. The first-order valence-corrected chi connectivity index (χ1v) is 28.1. The fourth-order valence-corrected chi connectivity index (χ4v) is 9.10. The largest absolute Gasteiger partial charge is 0.472 e. The van der Waals surface area contributed by atoms with E-state index in [4.69, 9.17) is 18.5 Å². The maximum absolute atomic E-state index is 12.9. The Balaban J connectivity index is 4.75. The number of quaternary nitrogens is 1. The lowest BCUT2D eigenvalue weighted by molar-refractivity contribution is -0.870. The van der Waals surface area contributed by atoms with E-state index in [9.17, 15) is 19.0 Å². The summed E-state index contributed by atoms with van der Waals surface area (Å²) in [5.74, 6) is 0.863. The van der Waals surface area contributed by atoms with Crippen LogP contribution in [0.3, 0.4) is 0 Å². The van der Waals surface area contributed by atoms with Crippen LogP contribution >= 0.6 is 7.82 Å². The van der Waals surface area contributed by atoms with Crippen LogP contribution in [0.25, 0.3) is 0 Å². The number of hydrogen-bond donors (Lipinski definition) is 1. The maximum atomic E-state index is 12.9. The van der Waals surface area contributed by atoms with Crippen LogP contribution in [-0.2, 0) is 32.7 Å². The highest BCUT2D eigenvalue weighted by Gasteiger charge is 2.27. The number of nitrogens with zero attached hydrogens (tertiary/aromatic N) is 1. The molecule has 0 rings (SSSR count). The number of carbonyl (C=O) groups excluding carboxylic acids is 2. The molecular weight excluding hydrogens is 798 g/mol. The Morgan fingerprint density at radius 2 is 0.823 bits per heavy atom. The zero-order chi connectivity index (χ0) is 46.0. The summed E-state index contributed by atoms with van der Waals surface area (Å²) in [5, 5.41) is 0. The van der Waals surface area contributed by atoms with Crippen molar-refractivity contribution >= 4 is 19.8 Å². The van der Waals surface area contributed by atoms with Crippen LogP contribution < -0.4 is 0 Å². The maximum Gasteiger partial charge on any atom is 0.472 e. The lowest BCUT2D eigenvalue weighted by atomic mass is 9.90. The molecule has 0 spiro atoms. The highest BCUT2D eigenvalue weighted by molar-refractivity contribution is 7.47. The van der Waals surface area contributed by atoms with Crippen molar-refractivity contribution < 1.29 is 42.1 Å². The number of rotatable bonds is 48. The van der Waals surface area contributed by atoms with Gasteiger partial charge in [0.2, 0.25) is 0 Å². The first kappa shape index (κ1) is 61.0. The van der Waals surface area contributed by atoms with Crippen LogP contribution in [0, 0.1) is 11.8 Å². The molecule has 0 aliphatic rings. The molecule has 0 heterocycles. The van der Waals surface area contributed by atoms with Crippen LogP contribution in [0.1, 0.15) is 259 Å². The second-order valence-electron chi connectivity index (χ2n) is 19.9. The summed E-state index contributed by atoms with van der Waals surface area (Å²) in [5.41, 5.74) is 0. The molecule has 62 heavy (non-hydrogen) atoms. The van der Waals surface area contributed by atoms with Gasteiger partial charge in [0.1, 0.15) is 19.8 Å². The minimum atomic E-state index is -4.39. The molecule has 0 radical (unpaired) electrons. The van der Waals surface area contributed by atoms with E-state index in [1.165, 1.54) is 180 Å². The van der Waals surface area contributed by atoms with Gasteiger partial charge < -0.3 is 18.9 Å². The van der Waals surface area contributed by atoms with Crippen LogP contribution in [0.4, 0.5) is 0 Å². The molecule has 370 valence electrons. The van der Waals surface area contributed by atoms with Gasteiger partial charge in [0.05, 0.1) is 27.7 Å². The predicted molar refractivity (Wildman–Crippen MR) is 261 cm³/mol. The van der Waals surface area contributed by atoms with Crippen LogP contribution in [0.2, 0.25) is 0 Å². The molecular formula is C52H105NO8P+. The molecule has 10 heteroatoms. The SMILES string of the molecule is CCCCCCCCCCC(CCCC)CCCCCCC(=O)OCC(COP(=O)(O)OCC[N+](C)(C)C)OC(=O)CCCCCCC(CCCC)CCCCCCCCCC. The lowest BCUT2D eigenvalue weighted by Gasteiger charge is -2.24. The van der Waals surface area contributed by atoms with E-state index < -0.39 is 26.5 Å². The molecule has 4 atom stereocenters. The van der Waals surface area contributed by atoms with Gasteiger partial charge in [0.15, 0.2) is 6.10 Å². The number of esters is 2. The Labute approximate surface area is 384 Å². The molecule has 0 aromatic rings. The van der Waals surface area contributed by atoms with Crippen molar-refractivity contribution in [3.63, 3.8) is 0 Å². The third-order valence-electron chi connectivity index (χ3n) is 12.5. The Bertz CT molecular complexity index is 1050. The van der Waals surface area contributed by atoms with E-state index in [2.05, 4.69) is 27.7 Å². The normalized spacial score (nSPS) is 14.4. The predicted octanol–water partition coefficient (Wildman–Crippen LogP) is 15.6. The van der Waals surface area contributed by atoms with Crippen molar-refractivity contribution in [2.45, 2.75) is 265 Å². The average molecular weight is 903 g/mol. The van der Waals surface area contributed by atoms with Crippen LogP contribution in [-0.4, -0.2) is 74.9 Å². The topological polar surface area (TPSA) is 108 Å². The number of phosphoric acid groups is 1. The van der Waals surface area contributed by atoms with Gasteiger partial charge in [-0.05, 0) is 24.7 Å². The third-order valence-corrected chi connectivity index (χ3v) is 13.5. The zero-order valence-electron chi connectivity index (χ0n) is 42.2. The van der Waals surface area contributed by atoms with E-state index in [0.717, 1.165) is 50.4 Å². The van der Waals surface area contributed by atoms with E-state index in [0.29, 0.717) is 17.4 Å². The summed E-state index contributed by atoms with van der Waals surface area (Å²) in [7, 11) is 1.49. The molecule has 0 aromatic carbocycles. The van der Waals surface area contributed by atoms with Crippen molar-refractivity contribution in [3.8, 4) is 0 Å². The van der Waals surface area contributed by atoms with Gasteiger partial charge in [-0.2, -0.15) is 0 Å². The molecule has 0 aromatic heterocycles. The molecule has 0 bridgehead atoms. The van der Waals surface area contributed by atoms with E-state index in [1.807, 2.05) is 21.1 Å². The van der Waals surface area contributed by atoms with Gasteiger partial charge in [-0.3, -0.25) is 18.6 Å². The second kappa shape index (κ2) is 42.6. The monoisotopic (exact) mass is 903 g/mol. The highest BCUT2D eigenvalue weighted by Crippen LogP contribution is 2.43. The van der Waals surface area contributed by atoms with Gasteiger partial charge in [-0.15, -0.1) is 0 Å². The summed E-state index contributed by atoms with van der Waals surface area (Å²) in [6.45, 7) is 9.04. The molecule has 9 nitrogen and oxygen atoms in total. The van der Waals surface area contributed by atoms with Crippen molar-refractivity contribution in [2.24, 2.45) is 11.8 Å². The Morgan fingerprint density at radius 1 is 0.468 bits per heavy atom. The average Bonchev–Trinajstić information content (AvgIpc) is 3.23. The lowest BCUT2D eigenvalue weighted by Crippen LogP contribution is -2.37. The summed E-state index contributed by atoms with van der Waals surface area (Å²) >= 11 is 0. The third kappa shape index (κ3) is 42.9. The molecule has 0 amide bonds. The van der Waals surface area contributed by atoms with Gasteiger partial charge in [-0.25, -0.2) is 4.57 Å².